The van der Waals surface area contributed by atoms with Crippen molar-refractivity contribution in [2.24, 2.45) is 11.7 Å². The highest BCUT2D eigenvalue weighted by Crippen LogP contribution is 2.32. The summed E-state index contributed by atoms with van der Waals surface area (Å²) in [5, 5.41) is 0. The summed E-state index contributed by atoms with van der Waals surface area (Å²) < 4.78 is 0. The van der Waals surface area contributed by atoms with E-state index in [0.717, 1.165) is 32.0 Å². The summed E-state index contributed by atoms with van der Waals surface area (Å²) >= 11 is 0. The second-order valence-corrected chi connectivity index (χ2v) is 7.80. The Labute approximate surface area is 145 Å². The average Bonchev–Trinajstić information content (AvgIpc) is 3.30. The zero-order valence-electron chi connectivity index (χ0n) is 14.5. The monoisotopic (exact) mass is 327 g/mol. The highest BCUT2D eigenvalue weighted by molar-refractivity contribution is 5.82. The van der Waals surface area contributed by atoms with Gasteiger partial charge in [0.05, 0.1) is 6.04 Å². The first-order valence-corrected chi connectivity index (χ1v) is 9.57. The number of amides is 1. The quantitative estimate of drug-likeness (QED) is 0.928. The molecule has 130 valence electrons. The Kier molecular flexibility index (Phi) is 4.59. The third kappa shape index (κ3) is 3.09. The molecule has 24 heavy (non-hydrogen) atoms. The number of benzene rings is 1. The molecule has 2 fully saturated rings. The van der Waals surface area contributed by atoms with Gasteiger partial charge in [0.25, 0.3) is 0 Å². The van der Waals surface area contributed by atoms with E-state index in [0.29, 0.717) is 5.92 Å². The first-order valence-electron chi connectivity index (χ1n) is 9.57. The van der Waals surface area contributed by atoms with Crippen LogP contribution in [0, 0.1) is 5.92 Å². The molecule has 3 aliphatic rings. The van der Waals surface area contributed by atoms with E-state index in [2.05, 4.69) is 17.0 Å². The fourth-order valence-corrected chi connectivity index (χ4v) is 4.83. The highest BCUT2D eigenvalue weighted by Gasteiger charge is 2.35. The van der Waals surface area contributed by atoms with Crippen LogP contribution in [0.2, 0.25) is 0 Å². The molecule has 0 unspecified atom stereocenters. The molecule has 1 atom stereocenters. The molecular weight excluding hydrogens is 298 g/mol. The molecule has 0 bridgehead atoms. The molecule has 0 radical (unpaired) electrons. The number of hydrogen-bond acceptors (Lipinski definition) is 3. The Bertz CT molecular complexity index is 563. The first-order chi connectivity index (χ1) is 11.7. The van der Waals surface area contributed by atoms with E-state index >= 15 is 0 Å². The average molecular weight is 327 g/mol. The van der Waals surface area contributed by atoms with Gasteiger partial charge in [-0.1, -0.05) is 24.3 Å². The van der Waals surface area contributed by atoms with Crippen LogP contribution in [-0.4, -0.2) is 40.9 Å². The van der Waals surface area contributed by atoms with Crippen LogP contribution in [0.4, 0.5) is 0 Å². The van der Waals surface area contributed by atoms with Crippen LogP contribution < -0.4 is 5.73 Å². The minimum atomic E-state index is -0.321. The first kappa shape index (κ1) is 16.1. The van der Waals surface area contributed by atoms with Crippen molar-refractivity contribution in [1.82, 2.24) is 9.80 Å². The van der Waals surface area contributed by atoms with Gasteiger partial charge >= 0.3 is 0 Å². The number of nitrogens with zero attached hydrogens (tertiary/aromatic N) is 2. The lowest BCUT2D eigenvalue weighted by atomic mass is 9.81. The maximum atomic E-state index is 12.8. The van der Waals surface area contributed by atoms with Gasteiger partial charge in [0, 0.05) is 19.1 Å². The van der Waals surface area contributed by atoms with Crippen molar-refractivity contribution < 1.29 is 4.79 Å². The van der Waals surface area contributed by atoms with Crippen LogP contribution in [0.1, 0.15) is 49.7 Å². The van der Waals surface area contributed by atoms with Crippen molar-refractivity contribution in [3.05, 3.63) is 35.4 Å². The molecule has 1 saturated heterocycles. The minimum Gasteiger partial charge on any atom is -0.333 e. The van der Waals surface area contributed by atoms with Crippen LogP contribution in [0.5, 0.6) is 0 Å². The van der Waals surface area contributed by atoms with Crippen molar-refractivity contribution in [2.75, 3.05) is 13.1 Å². The van der Waals surface area contributed by atoms with E-state index < -0.39 is 0 Å². The number of likely N-dealkylation sites (tertiary alicyclic amines) is 1. The normalized spacial score (nSPS) is 28.8. The van der Waals surface area contributed by atoms with Gasteiger partial charge in [-0.15, -0.1) is 0 Å². The number of carbonyl (C=O) groups excluding carboxylic acids is 1. The Morgan fingerprint density at radius 1 is 1.00 bits per heavy atom. The van der Waals surface area contributed by atoms with Gasteiger partial charge in [-0.25, -0.2) is 0 Å². The molecule has 4 nitrogen and oxygen atoms in total. The molecule has 1 aliphatic carbocycles. The largest absolute Gasteiger partial charge is 0.333 e. The fraction of sp³-hybridized carbons (Fsp3) is 0.650. The van der Waals surface area contributed by atoms with Crippen molar-refractivity contribution in [3.63, 3.8) is 0 Å². The van der Waals surface area contributed by atoms with Gasteiger partial charge in [0.15, 0.2) is 0 Å². The molecule has 1 aromatic carbocycles. The number of rotatable bonds is 3. The molecule has 2 heterocycles. The van der Waals surface area contributed by atoms with Crippen molar-refractivity contribution >= 4 is 5.91 Å². The molecule has 1 aromatic rings. The van der Waals surface area contributed by atoms with Gasteiger partial charge in [-0.05, 0) is 68.7 Å². The fourth-order valence-electron chi connectivity index (χ4n) is 4.83. The number of hydrogen-bond donors (Lipinski definition) is 1. The third-order valence-electron chi connectivity index (χ3n) is 6.34. The lowest BCUT2D eigenvalue weighted by molar-refractivity contribution is -0.134. The second kappa shape index (κ2) is 6.85. The lowest BCUT2D eigenvalue weighted by Gasteiger charge is -2.37. The number of carbonyl (C=O) groups is 1. The van der Waals surface area contributed by atoms with Crippen LogP contribution in [0.3, 0.4) is 0 Å². The molecule has 2 N–H and O–H groups in total. The topological polar surface area (TPSA) is 49.6 Å². The van der Waals surface area contributed by atoms with Gasteiger partial charge in [-0.2, -0.15) is 0 Å². The number of fused-ring (bicyclic) bond motifs is 1. The Balaban J connectivity index is 1.32. The van der Waals surface area contributed by atoms with E-state index in [1.165, 1.54) is 49.9 Å². The summed E-state index contributed by atoms with van der Waals surface area (Å²) in [5.41, 5.74) is 8.95. The summed E-state index contributed by atoms with van der Waals surface area (Å²) in [5.74, 6) is 0.510. The van der Waals surface area contributed by atoms with Crippen molar-refractivity contribution in [1.29, 1.82) is 0 Å². The number of nitrogens with two attached hydrogens (primary N) is 1. The van der Waals surface area contributed by atoms with Crippen molar-refractivity contribution in [3.8, 4) is 0 Å². The van der Waals surface area contributed by atoms with Crippen LogP contribution >= 0.6 is 0 Å². The molecule has 1 amide bonds. The molecule has 0 aromatic heterocycles. The lowest BCUT2D eigenvalue weighted by Crippen LogP contribution is -2.48. The molecule has 2 aliphatic heterocycles. The summed E-state index contributed by atoms with van der Waals surface area (Å²) in [6.07, 6.45) is 7.35. The molecule has 1 saturated carbocycles. The van der Waals surface area contributed by atoms with Crippen LogP contribution in [0.15, 0.2) is 24.3 Å². The van der Waals surface area contributed by atoms with E-state index in [1.54, 1.807) is 0 Å². The van der Waals surface area contributed by atoms with Gasteiger partial charge < -0.3 is 15.5 Å². The molecule has 4 rings (SSSR count). The molecule has 0 spiro atoms. The maximum Gasteiger partial charge on any atom is 0.240 e. The van der Waals surface area contributed by atoms with E-state index in [-0.39, 0.29) is 11.9 Å². The Morgan fingerprint density at radius 2 is 1.58 bits per heavy atom. The van der Waals surface area contributed by atoms with Gasteiger partial charge in [0.1, 0.15) is 0 Å². The van der Waals surface area contributed by atoms with E-state index in [4.69, 9.17) is 5.73 Å². The zero-order chi connectivity index (χ0) is 16.5. The van der Waals surface area contributed by atoms with Crippen molar-refractivity contribution in [2.45, 2.75) is 63.7 Å². The maximum absolute atomic E-state index is 12.8. The predicted octanol–water partition coefficient (Wildman–Crippen LogP) is 2.51. The summed E-state index contributed by atoms with van der Waals surface area (Å²) in [7, 11) is 0. The van der Waals surface area contributed by atoms with Gasteiger partial charge in [0.2, 0.25) is 5.91 Å². The minimum absolute atomic E-state index is 0.149. The summed E-state index contributed by atoms with van der Waals surface area (Å²) in [6, 6.07) is 8.75. The van der Waals surface area contributed by atoms with Crippen LogP contribution in [-0.2, 0) is 17.9 Å². The summed E-state index contributed by atoms with van der Waals surface area (Å²) in [4.78, 5) is 17.4. The standard InChI is InChI=1S/C20H29N3O/c21-19(15-7-9-18(10-8-15)22-11-3-4-12-22)20(24)23-13-16-5-1-2-6-17(16)14-23/h1-2,5-6,15,18-19H,3-4,7-14,21H2/t15?,18?,19-/m0/s1. The Hall–Kier alpha value is -1.39. The Morgan fingerprint density at radius 3 is 2.17 bits per heavy atom. The highest BCUT2D eigenvalue weighted by atomic mass is 16.2. The van der Waals surface area contributed by atoms with Crippen LogP contribution in [0.25, 0.3) is 0 Å². The molecule has 4 heteroatoms. The SMILES string of the molecule is N[C@H](C(=O)N1Cc2ccccc2C1)C1CCC(N2CCCC2)CC1. The second-order valence-electron chi connectivity index (χ2n) is 7.80. The van der Waals surface area contributed by atoms with E-state index in [1.807, 2.05) is 17.0 Å². The zero-order valence-corrected chi connectivity index (χ0v) is 14.5. The third-order valence-corrected chi connectivity index (χ3v) is 6.34. The molecular formula is C20H29N3O. The smallest absolute Gasteiger partial charge is 0.240 e. The van der Waals surface area contributed by atoms with E-state index in [9.17, 15) is 4.79 Å². The predicted molar refractivity (Wildman–Crippen MR) is 95.2 cm³/mol. The summed E-state index contributed by atoms with van der Waals surface area (Å²) in [6.45, 7) is 4.00. The van der Waals surface area contributed by atoms with Gasteiger partial charge in [-0.3, -0.25) is 4.79 Å².